The van der Waals surface area contributed by atoms with Gasteiger partial charge < -0.3 is 39.9 Å². The van der Waals surface area contributed by atoms with Gasteiger partial charge in [-0.3, -0.25) is 18.6 Å². The third-order valence-corrected chi connectivity index (χ3v) is 12.1. The first kappa shape index (κ1) is 55.6. The molecule has 59 heavy (non-hydrogen) atoms. The summed E-state index contributed by atoms with van der Waals surface area (Å²) < 4.78 is 33.5. The van der Waals surface area contributed by atoms with Crippen molar-refractivity contribution in [3.8, 4) is 0 Å². The Hall–Kier alpha value is -1.41. The molecule has 0 aromatic heterocycles. The van der Waals surface area contributed by atoms with E-state index in [-0.39, 0.29) is 12.8 Å². The lowest BCUT2D eigenvalue weighted by molar-refractivity contribution is -0.220. The predicted molar refractivity (Wildman–Crippen MR) is 231 cm³/mol. The number of ether oxygens (including phenoxy) is 2. The fraction of sp³-hybridized carbons (Fsp3) is 0.911. The smallest absolute Gasteiger partial charge is 0.462 e. The average molecular weight is 865 g/mol. The molecule has 0 heterocycles. The second-order valence-corrected chi connectivity index (χ2v) is 18.0. The highest BCUT2D eigenvalue weighted by Gasteiger charge is 2.51. The molecule has 14 heteroatoms. The Labute approximate surface area is 356 Å². The van der Waals surface area contributed by atoms with Crippen LogP contribution < -0.4 is 0 Å². The SMILES string of the molecule is CCCCCCC/C=C\CCCCCCCC(=O)OC[C@H](COP(=O)(O)OC1C(O)C(O)C(O)[C@@H](O)C1O)OC(=O)CCCCCCCCCCCCCCCCCC. The number of phosphoric acid groups is 1. The summed E-state index contributed by atoms with van der Waals surface area (Å²) in [6.07, 6.45) is 24.1. The van der Waals surface area contributed by atoms with Crippen LogP contribution in [0, 0.1) is 0 Å². The summed E-state index contributed by atoms with van der Waals surface area (Å²) in [5.74, 6) is -1.10. The van der Waals surface area contributed by atoms with Crippen LogP contribution in [0.4, 0.5) is 0 Å². The first-order valence-corrected chi connectivity index (χ1v) is 25.0. The maximum atomic E-state index is 12.8. The van der Waals surface area contributed by atoms with E-state index in [1.807, 2.05) is 0 Å². The van der Waals surface area contributed by atoms with Gasteiger partial charge in [0, 0.05) is 12.8 Å². The van der Waals surface area contributed by atoms with E-state index in [4.69, 9.17) is 18.5 Å². The minimum absolute atomic E-state index is 0.101. The molecule has 348 valence electrons. The molecule has 0 aromatic rings. The van der Waals surface area contributed by atoms with Crippen LogP contribution in [0.5, 0.6) is 0 Å². The van der Waals surface area contributed by atoms with Crippen LogP contribution in [0.15, 0.2) is 12.2 Å². The van der Waals surface area contributed by atoms with Crippen LogP contribution >= 0.6 is 7.82 Å². The van der Waals surface area contributed by atoms with E-state index in [2.05, 4.69) is 26.0 Å². The highest BCUT2D eigenvalue weighted by molar-refractivity contribution is 7.47. The first-order chi connectivity index (χ1) is 28.4. The van der Waals surface area contributed by atoms with E-state index in [0.717, 1.165) is 57.8 Å². The molecule has 1 aliphatic rings. The molecule has 1 rings (SSSR count). The minimum Gasteiger partial charge on any atom is -0.462 e. The summed E-state index contributed by atoms with van der Waals surface area (Å²) in [6, 6.07) is 0. The van der Waals surface area contributed by atoms with E-state index >= 15 is 0 Å². The molecule has 0 spiro atoms. The van der Waals surface area contributed by atoms with E-state index in [0.29, 0.717) is 12.8 Å². The van der Waals surface area contributed by atoms with Crippen LogP contribution in [-0.4, -0.2) is 98.3 Å². The van der Waals surface area contributed by atoms with E-state index in [1.165, 1.54) is 109 Å². The van der Waals surface area contributed by atoms with Gasteiger partial charge >= 0.3 is 19.8 Å². The Morgan fingerprint density at radius 3 is 1.29 bits per heavy atom. The van der Waals surface area contributed by atoms with Crippen LogP contribution in [0.1, 0.15) is 206 Å². The molecular weight excluding hydrogens is 779 g/mol. The number of carbonyl (C=O) groups is 2. The summed E-state index contributed by atoms with van der Waals surface area (Å²) >= 11 is 0. The van der Waals surface area contributed by atoms with Crippen LogP contribution in [0.25, 0.3) is 0 Å². The quantitative estimate of drug-likeness (QED) is 0.0148. The molecule has 1 saturated carbocycles. The average Bonchev–Trinajstić information content (AvgIpc) is 3.21. The van der Waals surface area contributed by atoms with Gasteiger partial charge in [-0.2, -0.15) is 0 Å². The van der Waals surface area contributed by atoms with Gasteiger partial charge in [0.1, 0.15) is 43.2 Å². The van der Waals surface area contributed by atoms with Crippen molar-refractivity contribution in [1.29, 1.82) is 0 Å². The topological polar surface area (TPSA) is 210 Å². The zero-order valence-corrected chi connectivity index (χ0v) is 37.7. The monoisotopic (exact) mass is 865 g/mol. The van der Waals surface area contributed by atoms with Gasteiger partial charge in [0.2, 0.25) is 0 Å². The zero-order valence-electron chi connectivity index (χ0n) is 36.8. The lowest BCUT2D eigenvalue weighted by Crippen LogP contribution is -2.64. The molecule has 0 radical (unpaired) electrons. The van der Waals surface area contributed by atoms with Crippen molar-refractivity contribution in [2.45, 2.75) is 249 Å². The number of allylic oxidation sites excluding steroid dienone is 2. The summed E-state index contributed by atoms with van der Waals surface area (Å²) in [5.41, 5.74) is 0. The Bertz CT molecular complexity index is 1090. The Morgan fingerprint density at radius 1 is 0.508 bits per heavy atom. The molecule has 0 bridgehead atoms. The van der Waals surface area contributed by atoms with Crippen LogP contribution in [0.3, 0.4) is 0 Å². The minimum atomic E-state index is -5.11. The predicted octanol–water partition coefficient (Wildman–Crippen LogP) is 9.06. The molecule has 8 atom stereocenters. The largest absolute Gasteiger partial charge is 0.472 e. The third-order valence-electron chi connectivity index (χ3n) is 11.1. The maximum Gasteiger partial charge on any atom is 0.472 e. The third kappa shape index (κ3) is 28.7. The molecule has 0 amide bonds. The van der Waals surface area contributed by atoms with Gasteiger partial charge in [-0.1, -0.05) is 167 Å². The number of aliphatic hydroxyl groups is 5. The number of aliphatic hydroxyl groups excluding tert-OH is 5. The zero-order chi connectivity index (χ0) is 43.6. The highest BCUT2D eigenvalue weighted by atomic mass is 31.2. The maximum absolute atomic E-state index is 12.8. The summed E-state index contributed by atoms with van der Waals surface area (Å²) in [4.78, 5) is 35.7. The molecule has 6 N–H and O–H groups in total. The van der Waals surface area contributed by atoms with E-state index < -0.39 is 75.7 Å². The molecule has 0 aromatic carbocycles. The second-order valence-electron chi connectivity index (χ2n) is 16.6. The number of esters is 2. The van der Waals surface area contributed by atoms with Crippen molar-refractivity contribution in [2.75, 3.05) is 13.2 Å². The van der Waals surface area contributed by atoms with Gasteiger partial charge in [-0.15, -0.1) is 0 Å². The molecule has 0 saturated heterocycles. The molecule has 1 fully saturated rings. The number of hydrogen-bond donors (Lipinski definition) is 6. The number of unbranched alkanes of at least 4 members (excludes halogenated alkanes) is 25. The summed E-state index contributed by atoms with van der Waals surface area (Å²) in [5, 5.41) is 50.1. The van der Waals surface area contributed by atoms with Crippen LogP contribution in [-0.2, 0) is 32.7 Å². The van der Waals surface area contributed by atoms with Crippen molar-refractivity contribution in [1.82, 2.24) is 0 Å². The summed E-state index contributed by atoms with van der Waals surface area (Å²) in [6.45, 7) is 3.30. The Kier molecular flexibility index (Phi) is 34.0. The fourth-order valence-corrected chi connectivity index (χ4v) is 8.26. The van der Waals surface area contributed by atoms with Crippen molar-refractivity contribution < 1.29 is 63.1 Å². The lowest BCUT2D eigenvalue weighted by atomic mass is 9.85. The summed E-state index contributed by atoms with van der Waals surface area (Å²) in [7, 11) is -5.11. The van der Waals surface area contributed by atoms with Gasteiger partial charge in [-0.05, 0) is 38.5 Å². The Balaban J connectivity index is 2.45. The standard InChI is InChI=1S/C45H85O13P/c1-3-5-7-9-11-13-15-17-19-20-22-24-26-28-30-32-34-39(47)57-37(36-56-59(53,54)58-45-43(51)41(49)40(48)42(50)44(45)52)35-55-38(46)33-31-29-27-25-23-21-18-16-14-12-10-8-6-4-2/h16,18,37,40-45,48-52H,3-15,17,19-36H2,1-2H3,(H,53,54)/b18-16-/t37-,40?,41-,42?,43?,44?,45?/m1/s1. The van der Waals surface area contributed by atoms with E-state index in [9.17, 15) is 44.6 Å². The van der Waals surface area contributed by atoms with Crippen LogP contribution in [0.2, 0.25) is 0 Å². The first-order valence-electron chi connectivity index (χ1n) is 23.5. The normalized spacial score (nSPS) is 22.4. The molecule has 13 nitrogen and oxygen atoms in total. The van der Waals surface area contributed by atoms with Crippen molar-refractivity contribution in [2.24, 2.45) is 0 Å². The molecule has 1 aliphatic carbocycles. The highest BCUT2D eigenvalue weighted by Crippen LogP contribution is 2.47. The molecule has 6 unspecified atom stereocenters. The van der Waals surface area contributed by atoms with Gasteiger partial charge in [0.15, 0.2) is 6.10 Å². The van der Waals surface area contributed by atoms with Crippen molar-refractivity contribution >= 4 is 19.8 Å². The van der Waals surface area contributed by atoms with Gasteiger partial charge in [0.25, 0.3) is 0 Å². The number of hydrogen-bond acceptors (Lipinski definition) is 12. The Morgan fingerprint density at radius 2 is 0.864 bits per heavy atom. The molecule has 0 aliphatic heterocycles. The fourth-order valence-electron chi connectivity index (χ4n) is 7.28. The number of phosphoric ester groups is 1. The lowest BCUT2D eigenvalue weighted by Gasteiger charge is -2.41. The van der Waals surface area contributed by atoms with Crippen molar-refractivity contribution in [3.63, 3.8) is 0 Å². The second kappa shape index (κ2) is 36.1. The van der Waals surface area contributed by atoms with E-state index in [1.54, 1.807) is 0 Å². The van der Waals surface area contributed by atoms with Gasteiger partial charge in [-0.25, -0.2) is 4.57 Å². The number of carbonyl (C=O) groups excluding carboxylic acids is 2. The molecular formula is C45H85O13P. The van der Waals surface area contributed by atoms with Crippen molar-refractivity contribution in [3.05, 3.63) is 12.2 Å². The number of rotatable bonds is 39. The van der Waals surface area contributed by atoms with Gasteiger partial charge in [0.05, 0.1) is 6.61 Å².